The maximum Gasteiger partial charge on any atom is 0.333 e. The van der Waals surface area contributed by atoms with Crippen LogP contribution in [0.3, 0.4) is 0 Å². The van der Waals surface area contributed by atoms with Crippen LogP contribution in [0.4, 0.5) is 0 Å². The average molecular weight is 833 g/mol. The number of hydrogen-bond donors (Lipinski definition) is 0. The molecule has 10 nitrogen and oxygen atoms in total. The van der Waals surface area contributed by atoms with Crippen LogP contribution >= 0.6 is 47.0 Å². The third-order valence-corrected chi connectivity index (χ3v) is 14.8. The summed E-state index contributed by atoms with van der Waals surface area (Å²) in [7, 11) is 0. The van der Waals surface area contributed by atoms with Gasteiger partial charge in [-0.05, 0) is 74.9 Å². The largest absolute Gasteiger partial charge is 0.489 e. The van der Waals surface area contributed by atoms with Gasteiger partial charge in [0.05, 0.1) is 0 Å². The summed E-state index contributed by atoms with van der Waals surface area (Å²) in [6.45, 7) is 22.4. The van der Waals surface area contributed by atoms with Crippen LogP contribution in [0.25, 0.3) is 0 Å². The van der Waals surface area contributed by atoms with E-state index in [1.165, 1.54) is 0 Å². The molecule has 2 aromatic carbocycles. The zero-order chi connectivity index (χ0) is 40.4. The summed E-state index contributed by atoms with van der Waals surface area (Å²) in [6, 6.07) is 8.35. The molecular formula is C41H52O10S4. The van der Waals surface area contributed by atoms with Gasteiger partial charge in [-0.25, -0.2) is 19.2 Å². The van der Waals surface area contributed by atoms with Gasteiger partial charge in [0.1, 0.15) is 47.1 Å². The van der Waals surface area contributed by atoms with Crippen molar-refractivity contribution >= 4 is 70.9 Å². The zero-order valence-corrected chi connectivity index (χ0v) is 36.2. The van der Waals surface area contributed by atoms with E-state index in [0.717, 1.165) is 56.4 Å². The van der Waals surface area contributed by atoms with E-state index in [1.807, 2.05) is 27.7 Å². The minimum atomic E-state index is -0.815. The van der Waals surface area contributed by atoms with Gasteiger partial charge in [0.15, 0.2) is 12.2 Å². The third-order valence-electron chi connectivity index (χ3n) is 8.89. The molecule has 2 atom stereocenters. The molecule has 0 bridgehead atoms. The van der Waals surface area contributed by atoms with Crippen LogP contribution in [0.5, 0.6) is 11.5 Å². The molecule has 0 N–H and O–H groups in total. The molecular weight excluding hydrogens is 781 g/mol. The van der Waals surface area contributed by atoms with Gasteiger partial charge in [-0.15, -0.1) is 47.0 Å². The lowest BCUT2D eigenvalue weighted by atomic mass is 9.76. The number of rotatable bonds is 18. The molecule has 0 amide bonds. The average Bonchev–Trinajstić information content (AvgIpc) is 3.87. The van der Waals surface area contributed by atoms with Crippen molar-refractivity contribution < 1.29 is 47.6 Å². The van der Waals surface area contributed by atoms with Crippen LogP contribution in [0.1, 0.15) is 61.1 Å². The normalized spacial score (nSPS) is 15.9. The van der Waals surface area contributed by atoms with Crippen molar-refractivity contribution in [3.8, 4) is 11.5 Å². The summed E-state index contributed by atoms with van der Waals surface area (Å²) in [5, 5.41) is 0. The van der Waals surface area contributed by atoms with Gasteiger partial charge in [0.25, 0.3) is 0 Å². The first-order valence-corrected chi connectivity index (χ1v) is 22.2. The number of aryl methyl sites for hydroxylation is 4. The number of hydrogen-bond acceptors (Lipinski definition) is 14. The van der Waals surface area contributed by atoms with E-state index in [2.05, 4.69) is 51.3 Å². The fourth-order valence-corrected chi connectivity index (χ4v) is 10.9. The van der Waals surface area contributed by atoms with E-state index in [0.29, 0.717) is 11.5 Å². The van der Waals surface area contributed by atoms with Crippen molar-refractivity contribution in [1.29, 1.82) is 0 Å². The molecule has 2 saturated heterocycles. The molecule has 55 heavy (non-hydrogen) atoms. The van der Waals surface area contributed by atoms with Gasteiger partial charge in [-0.1, -0.05) is 51.3 Å². The van der Waals surface area contributed by atoms with Crippen LogP contribution in [0.15, 0.2) is 48.6 Å². The van der Waals surface area contributed by atoms with E-state index >= 15 is 0 Å². The maximum absolute atomic E-state index is 12.6. The van der Waals surface area contributed by atoms with Crippen molar-refractivity contribution in [2.75, 3.05) is 49.4 Å². The highest BCUT2D eigenvalue weighted by atomic mass is 32.2. The van der Waals surface area contributed by atoms with Crippen LogP contribution in [0, 0.1) is 27.7 Å². The number of carbonyl (C=O) groups is 4. The molecule has 4 rings (SSSR count). The quantitative estimate of drug-likeness (QED) is 0.0829. The van der Waals surface area contributed by atoms with Crippen molar-refractivity contribution in [3.63, 3.8) is 0 Å². The number of benzene rings is 2. The molecule has 2 fully saturated rings. The number of ether oxygens (including phenoxy) is 6. The minimum Gasteiger partial charge on any atom is -0.489 e. The maximum atomic E-state index is 12.6. The van der Waals surface area contributed by atoms with Crippen LogP contribution in [0.2, 0.25) is 0 Å². The summed E-state index contributed by atoms with van der Waals surface area (Å²) in [6.07, 6.45) is -1.63. The second-order valence-electron chi connectivity index (χ2n) is 14.1. The molecule has 0 saturated carbocycles. The first-order chi connectivity index (χ1) is 26.0. The lowest BCUT2D eigenvalue weighted by molar-refractivity contribution is -0.156. The first-order valence-electron chi connectivity index (χ1n) is 18.0. The molecule has 2 aromatic rings. The van der Waals surface area contributed by atoms with Crippen LogP contribution in [-0.2, 0) is 43.5 Å². The molecule has 2 aliphatic rings. The van der Waals surface area contributed by atoms with Gasteiger partial charge in [0, 0.05) is 39.6 Å². The minimum absolute atomic E-state index is 0.00410. The highest BCUT2D eigenvalue weighted by Crippen LogP contribution is 2.39. The van der Waals surface area contributed by atoms with E-state index in [-0.39, 0.29) is 58.7 Å². The predicted molar refractivity (Wildman–Crippen MR) is 224 cm³/mol. The molecule has 2 heterocycles. The highest BCUT2D eigenvalue weighted by molar-refractivity contribution is 8.21. The Morgan fingerprint density at radius 2 is 0.927 bits per heavy atom. The summed E-state index contributed by atoms with van der Waals surface area (Å²) in [4.78, 5) is 49.9. The fraction of sp³-hybridized carbons (Fsp3) is 0.512. The van der Waals surface area contributed by atoms with Gasteiger partial charge in [0.2, 0.25) is 0 Å². The Labute approximate surface area is 342 Å². The zero-order valence-electron chi connectivity index (χ0n) is 32.9. The van der Waals surface area contributed by atoms with Crippen molar-refractivity contribution in [1.82, 2.24) is 0 Å². The van der Waals surface area contributed by atoms with Crippen molar-refractivity contribution in [2.24, 2.45) is 0 Å². The van der Waals surface area contributed by atoms with Crippen molar-refractivity contribution in [2.45, 2.75) is 82.2 Å². The summed E-state index contributed by atoms with van der Waals surface area (Å²) >= 11 is 6.19. The Balaban J connectivity index is 1.45. The third kappa shape index (κ3) is 12.4. The monoisotopic (exact) mass is 832 g/mol. The second-order valence-corrected chi connectivity index (χ2v) is 19.6. The second kappa shape index (κ2) is 20.3. The predicted octanol–water partition coefficient (Wildman–Crippen LogP) is 7.68. The molecule has 0 aliphatic carbocycles. The van der Waals surface area contributed by atoms with E-state index in [9.17, 15) is 19.2 Å². The first kappa shape index (κ1) is 44.5. The van der Waals surface area contributed by atoms with E-state index < -0.39 is 29.6 Å². The molecule has 0 radical (unpaired) electrons. The number of esters is 4. The SMILES string of the molecule is C=C(C)C(=O)OC(COC(=O)C1SCCS1)COc1c(C)cc(C(C)(C)c2cc(C)c(OCC(COC(=O)C3SCCS3)OC(=O)C(=C)C)c(C)c2)cc1C. The van der Waals surface area contributed by atoms with E-state index in [4.69, 9.17) is 28.4 Å². The number of thioether (sulfide) groups is 4. The van der Waals surface area contributed by atoms with Gasteiger partial charge < -0.3 is 28.4 Å². The molecule has 14 heteroatoms. The summed E-state index contributed by atoms with van der Waals surface area (Å²) in [5.74, 6) is 3.06. The lowest BCUT2D eigenvalue weighted by Crippen LogP contribution is -2.32. The Bertz CT molecular complexity index is 1590. The molecule has 0 spiro atoms. The fourth-order valence-electron chi connectivity index (χ4n) is 5.81. The van der Waals surface area contributed by atoms with Crippen LogP contribution < -0.4 is 9.47 Å². The smallest absolute Gasteiger partial charge is 0.333 e. The standard InChI is InChI=1S/C41H52O10S4/c1-23(2)35(42)50-31(21-48-37(44)39-52-11-12-53-39)19-46-33-25(5)15-29(16-26(33)6)41(9,10)30-17-27(7)34(28(8)18-30)47-20-32(51-36(43)24(3)4)22-49-38(45)40-54-13-14-55-40/h15-18,31-32,39-40H,1,3,11-14,19-22H2,2,4-10H3. The molecule has 300 valence electrons. The lowest BCUT2D eigenvalue weighted by Gasteiger charge is -2.30. The highest BCUT2D eigenvalue weighted by Gasteiger charge is 2.31. The molecule has 2 unspecified atom stereocenters. The molecule has 0 aromatic heterocycles. The Hall–Kier alpha value is -3.20. The van der Waals surface area contributed by atoms with Gasteiger partial charge in [-0.3, -0.25) is 0 Å². The summed E-state index contributed by atoms with van der Waals surface area (Å²) in [5.41, 5.74) is 5.81. The van der Waals surface area contributed by atoms with Gasteiger partial charge in [-0.2, -0.15) is 0 Å². The Morgan fingerprint density at radius 3 is 1.22 bits per heavy atom. The Morgan fingerprint density at radius 1 is 0.618 bits per heavy atom. The topological polar surface area (TPSA) is 124 Å². The van der Waals surface area contributed by atoms with Crippen LogP contribution in [-0.4, -0.2) is 94.7 Å². The van der Waals surface area contributed by atoms with Crippen molar-refractivity contribution in [3.05, 3.63) is 82.0 Å². The van der Waals surface area contributed by atoms with Gasteiger partial charge >= 0.3 is 23.9 Å². The number of carbonyl (C=O) groups excluding carboxylic acids is 4. The summed E-state index contributed by atoms with van der Waals surface area (Å²) < 4.78 is 34.2. The van der Waals surface area contributed by atoms with E-state index in [1.54, 1.807) is 60.9 Å². The molecule has 2 aliphatic heterocycles. The Kier molecular flexibility index (Phi) is 16.4.